The van der Waals surface area contributed by atoms with Crippen LogP contribution in [0.1, 0.15) is 40.2 Å². The second-order valence-electron chi connectivity index (χ2n) is 8.04. The number of rotatable bonds is 4. The number of halogens is 1. The van der Waals surface area contributed by atoms with E-state index in [-0.39, 0.29) is 12.1 Å². The first-order valence-electron chi connectivity index (χ1n) is 10.6. The first-order valence-corrected chi connectivity index (χ1v) is 10.9. The van der Waals surface area contributed by atoms with E-state index in [4.69, 9.17) is 21.3 Å². The Morgan fingerprint density at radius 1 is 1.23 bits per heavy atom. The number of aryl methyl sites for hydroxylation is 1. The lowest BCUT2D eigenvalue weighted by molar-refractivity contribution is 0.144. The summed E-state index contributed by atoms with van der Waals surface area (Å²) in [7, 11) is 3.73. The number of hydrogen-bond donors (Lipinski definition) is 1. The van der Waals surface area contributed by atoms with Crippen molar-refractivity contribution in [2.45, 2.75) is 12.1 Å². The van der Waals surface area contributed by atoms with Gasteiger partial charge < -0.3 is 14.6 Å². The zero-order valence-electron chi connectivity index (χ0n) is 17.8. The summed E-state index contributed by atoms with van der Waals surface area (Å²) < 4.78 is 8.05. The van der Waals surface area contributed by atoms with Crippen LogP contribution in [-0.4, -0.2) is 52.7 Å². The summed E-state index contributed by atoms with van der Waals surface area (Å²) in [6.45, 7) is 3.87. The normalized spacial score (nSPS) is 19.8. The van der Waals surface area contributed by atoms with E-state index in [1.165, 1.54) is 5.56 Å². The van der Waals surface area contributed by atoms with Gasteiger partial charge in [-0.2, -0.15) is 0 Å². The number of fused-ring (bicyclic) bond motifs is 2. The third-order valence-electron chi connectivity index (χ3n) is 6.22. The lowest BCUT2D eigenvalue weighted by atomic mass is 9.91. The molecule has 3 heterocycles. The first kappa shape index (κ1) is 20.4. The SMILES string of the molecule is COC(C1=Cc2cccnc2C(N2CCNCC2)c2ccc(Cl)cc21)c1cncn1C. The summed E-state index contributed by atoms with van der Waals surface area (Å²) >= 11 is 6.52. The number of pyridine rings is 1. The maximum atomic E-state index is 6.52. The van der Waals surface area contributed by atoms with Gasteiger partial charge in [0.2, 0.25) is 0 Å². The fourth-order valence-electron chi connectivity index (χ4n) is 4.74. The van der Waals surface area contributed by atoms with Gasteiger partial charge >= 0.3 is 0 Å². The fourth-order valence-corrected chi connectivity index (χ4v) is 4.92. The van der Waals surface area contributed by atoms with E-state index in [1.54, 1.807) is 13.4 Å². The molecule has 1 saturated heterocycles. The molecule has 2 atom stereocenters. The number of aromatic nitrogens is 3. The predicted octanol–water partition coefficient (Wildman–Crippen LogP) is 3.70. The van der Waals surface area contributed by atoms with Crippen LogP contribution >= 0.6 is 11.6 Å². The Bertz CT molecular complexity index is 1120. The van der Waals surface area contributed by atoms with Crippen molar-refractivity contribution in [3.05, 3.63) is 82.2 Å². The molecule has 2 aliphatic rings. The Hall–Kier alpha value is -2.51. The Morgan fingerprint density at radius 3 is 2.81 bits per heavy atom. The molecular formula is C24H26ClN5O. The molecule has 31 heavy (non-hydrogen) atoms. The van der Waals surface area contributed by atoms with Gasteiger partial charge in [-0.05, 0) is 46.5 Å². The topological polar surface area (TPSA) is 55.2 Å². The third kappa shape index (κ3) is 3.70. The molecule has 1 fully saturated rings. The molecule has 1 aliphatic carbocycles. The molecule has 7 heteroatoms. The second-order valence-corrected chi connectivity index (χ2v) is 8.48. The van der Waals surface area contributed by atoms with Gasteiger partial charge in [-0.25, -0.2) is 4.98 Å². The number of imidazole rings is 1. The minimum absolute atomic E-state index is 0.0587. The van der Waals surface area contributed by atoms with E-state index in [9.17, 15) is 0 Å². The van der Waals surface area contributed by atoms with Crippen molar-refractivity contribution in [2.24, 2.45) is 7.05 Å². The average molecular weight is 436 g/mol. The molecule has 1 aromatic carbocycles. The molecule has 0 bridgehead atoms. The highest BCUT2D eigenvalue weighted by Gasteiger charge is 2.34. The van der Waals surface area contributed by atoms with Crippen molar-refractivity contribution in [2.75, 3.05) is 33.3 Å². The van der Waals surface area contributed by atoms with Crippen LogP contribution in [0.3, 0.4) is 0 Å². The molecule has 0 spiro atoms. The highest BCUT2D eigenvalue weighted by Crippen LogP contribution is 2.44. The molecule has 1 N–H and O–H groups in total. The van der Waals surface area contributed by atoms with E-state index >= 15 is 0 Å². The third-order valence-corrected chi connectivity index (χ3v) is 6.45. The van der Waals surface area contributed by atoms with Crippen LogP contribution < -0.4 is 5.32 Å². The standard InChI is InChI=1S/C24H26ClN5O/c1-29-15-27-14-21(29)24(31-2)20-12-16-4-3-7-28-22(16)23(30-10-8-26-9-11-30)18-6-5-17(25)13-19(18)20/h3-7,12-15,23-24,26H,8-11H2,1-2H3. The molecule has 0 radical (unpaired) electrons. The van der Waals surface area contributed by atoms with Gasteiger partial charge in [0.15, 0.2) is 0 Å². The minimum atomic E-state index is -0.278. The molecule has 3 aromatic rings. The zero-order valence-corrected chi connectivity index (χ0v) is 18.5. The molecule has 0 amide bonds. The highest BCUT2D eigenvalue weighted by atomic mass is 35.5. The molecule has 1 aliphatic heterocycles. The highest BCUT2D eigenvalue weighted by molar-refractivity contribution is 6.30. The molecule has 6 nitrogen and oxygen atoms in total. The van der Waals surface area contributed by atoms with Crippen molar-refractivity contribution in [3.63, 3.8) is 0 Å². The first-order chi connectivity index (χ1) is 15.2. The Morgan fingerprint density at radius 2 is 2.06 bits per heavy atom. The van der Waals surface area contributed by atoms with Crippen molar-refractivity contribution >= 4 is 23.3 Å². The van der Waals surface area contributed by atoms with Crippen LogP contribution in [0.2, 0.25) is 5.02 Å². The fraction of sp³-hybridized carbons (Fsp3) is 0.333. The van der Waals surface area contributed by atoms with Gasteiger partial charge in [-0.3, -0.25) is 9.88 Å². The maximum absolute atomic E-state index is 6.52. The van der Waals surface area contributed by atoms with E-state index in [0.717, 1.165) is 54.3 Å². The van der Waals surface area contributed by atoms with E-state index in [0.29, 0.717) is 5.02 Å². The minimum Gasteiger partial charge on any atom is -0.370 e. The molecule has 2 unspecified atom stereocenters. The summed E-state index contributed by atoms with van der Waals surface area (Å²) in [4.78, 5) is 11.7. The van der Waals surface area contributed by atoms with E-state index in [2.05, 4.69) is 39.5 Å². The van der Waals surface area contributed by atoms with E-state index < -0.39 is 0 Å². The summed E-state index contributed by atoms with van der Waals surface area (Å²) in [6, 6.07) is 10.4. The van der Waals surface area contributed by atoms with Crippen molar-refractivity contribution < 1.29 is 4.74 Å². The van der Waals surface area contributed by atoms with Gasteiger partial charge in [0.05, 0.1) is 30.0 Å². The van der Waals surface area contributed by atoms with Crippen LogP contribution in [-0.2, 0) is 11.8 Å². The van der Waals surface area contributed by atoms with Gasteiger partial charge in [-0.1, -0.05) is 23.7 Å². The molecule has 0 saturated carbocycles. The number of piperazine rings is 1. The smallest absolute Gasteiger partial charge is 0.124 e. The monoisotopic (exact) mass is 435 g/mol. The van der Waals surface area contributed by atoms with Crippen LogP contribution in [0.15, 0.2) is 49.1 Å². The lowest BCUT2D eigenvalue weighted by Crippen LogP contribution is -2.45. The number of methoxy groups -OCH3 is 1. The van der Waals surface area contributed by atoms with Crippen LogP contribution in [0.4, 0.5) is 0 Å². The number of hydrogen-bond acceptors (Lipinski definition) is 5. The van der Waals surface area contributed by atoms with E-state index in [1.807, 2.05) is 36.1 Å². The number of nitrogens with one attached hydrogen (secondary N) is 1. The van der Waals surface area contributed by atoms with Crippen LogP contribution in [0.25, 0.3) is 11.6 Å². The van der Waals surface area contributed by atoms with Gasteiger partial charge in [0.1, 0.15) is 6.10 Å². The largest absolute Gasteiger partial charge is 0.370 e. The molecule has 5 rings (SSSR count). The summed E-state index contributed by atoms with van der Waals surface area (Å²) in [5.41, 5.74) is 6.54. The molecule has 160 valence electrons. The van der Waals surface area contributed by atoms with Crippen LogP contribution in [0, 0.1) is 0 Å². The molecule has 2 aromatic heterocycles. The lowest BCUT2D eigenvalue weighted by Gasteiger charge is -2.36. The van der Waals surface area contributed by atoms with Gasteiger partial charge in [0, 0.05) is 51.6 Å². The zero-order chi connectivity index (χ0) is 21.4. The second kappa shape index (κ2) is 8.55. The summed E-state index contributed by atoms with van der Waals surface area (Å²) in [6.07, 6.45) is 7.48. The molecular weight excluding hydrogens is 410 g/mol. The van der Waals surface area contributed by atoms with Crippen LogP contribution in [0.5, 0.6) is 0 Å². The van der Waals surface area contributed by atoms with Gasteiger partial charge in [-0.15, -0.1) is 0 Å². The summed E-state index contributed by atoms with van der Waals surface area (Å²) in [5.74, 6) is 0. The number of benzene rings is 1. The Balaban J connectivity index is 1.75. The average Bonchev–Trinajstić information content (AvgIpc) is 3.16. The quantitative estimate of drug-likeness (QED) is 0.677. The van der Waals surface area contributed by atoms with Crippen molar-refractivity contribution in [3.8, 4) is 0 Å². The predicted molar refractivity (Wildman–Crippen MR) is 123 cm³/mol. The Labute approximate surface area is 187 Å². The Kier molecular flexibility index (Phi) is 5.63. The number of ether oxygens (including phenoxy) is 1. The summed E-state index contributed by atoms with van der Waals surface area (Å²) in [5, 5.41) is 4.17. The maximum Gasteiger partial charge on any atom is 0.124 e. The van der Waals surface area contributed by atoms with Crippen molar-refractivity contribution in [1.29, 1.82) is 0 Å². The number of nitrogens with zero attached hydrogens (tertiary/aromatic N) is 4. The van der Waals surface area contributed by atoms with Crippen molar-refractivity contribution in [1.82, 2.24) is 24.8 Å². The van der Waals surface area contributed by atoms with Gasteiger partial charge in [0.25, 0.3) is 0 Å².